The van der Waals surface area contributed by atoms with Crippen LogP contribution in [0.25, 0.3) is 0 Å². The molecular formula is C13H14ClN3O3. The topological polar surface area (TPSA) is 77.2 Å². The van der Waals surface area contributed by atoms with Gasteiger partial charge in [0.15, 0.2) is 6.61 Å². The molecule has 1 aromatic heterocycles. The summed E-state index contributed by atoms with van der Waals surface area (Å²) >= 11 is 5.75. The number of amides is 1. The third kappa shape index (κ3) is 4.55. The summed E-state index contributed by atoms with van der Waals surface area (Å²) < 4.78 is 10.5. The zero-order valence-corrected chi connectivity index (χ0v) is 11.7. The molecule has 1 N–H and O–H groups in total. The van der Waals surface area contributed by atoms with E-state index in [1.165, 1.54) is 0 Å². The molecule has 0 bridgehead atoms. The fraction of sp³-hybridized carbons (Fsp3) is 0.308. The van der Waals surface area contributed by atoms with Crippen LogP contribution in [0.1, 0.15) is 11.8 Å². The van der Waals surface area contributed by atoms with Gasteiger partial charge in [-0.05, 0) is 24.3 Å². The van der Waals surface area contributed by atoms with Crippen molar-refractivity contribution in [3.63, 3.8) is 0 Å². The van der Waals surface area contributed by atoms with Crippen molar-refractivity contribution in [3.8, 4) is 5.75 Å². The summed E-state index contributed by atoms with van der Waals surface area (Å²) in [6, 6.07) is 6.81. The summed E-state index contributed by atoms with van der Waals surface area (Å²) in [5.74, 6) is 1.40. The van der Waals surface area contributed by atoms with Gasteiger partial charge in [-0.1, -0.05) is 11.6 Å². The van der Waals surface area contributed by atoms with Crippen LogP contribution in [0.5, 0.6) is 5.75 Å². The Morgan fingerprint density at radius 2 is 2.10 bits per heavy atom. The Balaban J connectivity index is 1.66. The quantitative estimate of drug-likeness (QED) is 0.879. The van der Waals surface area contributed by atoms with Crippen LogP contribution in [0.4, 0.5) is 0 Å². The maximum absolute atomic E-state index is 11.5. The van der Waals surface area contributed by atoms with Gasteiger partial charge in [0.2, 0.25) is 11.8 Å². The van der Waals surface area contributed by atoms with Crippen molar-refractivity contribution in [3.05, 3.63) is 41.1 Å². The van der Waals surface area contributed by atoms with Gasteiger partial charge in [-0.15, -0.1) is 10.2 Å². The Kier molecular flexibility index (Phi) is 4.95. The van der Waals surface area contributed by atoms with Crippen molar-refractivity contribution in [2.24, 2.45) is 0 Å². The molecule has 0 unspecified atom stereocenters. The first-order valence-corrected chi connectivity index (χ1v) is 6.45. The lowest BCUT2D eigenvalue weighted by Gasteiger charge is -2.06. The number of halogens is 1. The average Bonchev–Trinajstić information content (AvgIpc) is 2.84. The van der Waals surface area contributed by atoms with Gasteiger partial charge >= 0.3 is 0 Å². The largest absolute Gasteiger partial charge is 0.484 e. The summed E-state index contributed by atoms with van der Waals surface area (Å²) in [5, 5.41) is 10.9. The van der Waals surface area contributed by atoms with Crippen molar-refractivity contribution >= 4 is 17.5 Å². The second-order valence-electron chi connectivity index (χ2n) is 4.06. The molecule has 0 fully saturated rings. The minimum Gasteiger partial charge on any atom is -0.484 e. The van der Waals surface area contributed by atoms with Gasteiger partial charge in [-0.25, -0.2) is 0 Å². The molecule has 1 heterocycles. The lowest BCUT2D eigenvalue weighted by molar-refractivity contribution is -0.123. The molecule has 2 rings (SSSR count). The van der Waals surface area contributed by atoms with Crippen LogP contribution in [0.2, 0.25) is 5.02 Å². The number of ether oxygens (including phenoxy) is 1. The number of carbonyl (C=O) groups excluding carboxylic acids is 1. The minimum absolute atomic E-state index is 0.0511. The first-order chi connectivity index (χ1) is 9.63. The molecule has 0 spiro atoms. The van der Waals surface area contributed by atoms with Gasteiger partial charge in [0.1, 0.15) is 5.75 Å². The van der Waals surface area contributed by atoms with E-state index in [1.807, 2.05) is 0 Å². The van der Waals surface area contributed by atoms with E-state index in [-0.39, 0.29) is 12.5 Å². The molecule has 0 aliphatic carbocycles. The van der Waals surface area contributed by atoms with Crippen molar-refractivity contribution < 1.29 is 13.9 Å². The number of rotatable bonds is 6. The first kappa shape index (κ1) is 14.3. The van der Waals surface area contributed by atoms with Crippen LogP contribution in [-0.4, -0.2) is 29.3 Å². The van der Waals surface area contributed by atoms with E-state index in [9.17, 15) is 4.79 Å². The van der Waals surface area contributed by atoms with Crippen LogP contribution in [0, 0.1) is 6.92 Å². The molecule has 0 atom stereocenters. The van der Waals surface area contributed by atoms with Crippen molar-refractivity contribution in [2.45, 2.75) is 13.3 Å². The normalized spacial score (nSPS) is 10.3. The molecule has 6 nitrogen and oxygen atoms in total. The van der Waals surface area contributed by atoms with Crippen LogP contribution >= 0.6 is 11.6 Å². The van der Waals surface area contributed by atoms with Gasteiger partial charge in [0.05, 0.1) is 0 Å². The van der Waals surface area contributed by atoms with Gasteiger partial charge < -0.3 is 14.5 Å². The van der Waals surface area contributed by atoms with Crippen molar-refractivity contribution in [1.29, 1.82) is 0 Å². The van der Waals surface area contributed by atoms with Gasteiger partial charge in [-0.3, -0.25) is 4.79 Å². The highest BCUT2D eigenvalue weighted by Crippen LogP contribution is 2.15. The predicted molar refractivity (Wildman–Crippen MR) is 72.7 cm³/mol. The number of aryl methyl sites for hydroxylation is 1. The summed E-state index contributed by atoms with van der Waals surface area (Å²) in [6.07, 6.45) is 0.494. The number of carbonyl (C=O) groups is 1. The van der Waals surface area contributed by atoms with Crippen molar-refractivity contribution in [2.75, 3.05) is 13.2 Å². The molecular weight excluding hydrogens is 282 g/mol. The van der Waals surface area contributed by atoms with Crippen LogP contribution < -0.4 is 10.1 Å². The Hall–Kier alpha value is -2.08. The number of nitrogens with one attached hydrogen (secondary N) is 1. The predicted octanol–water partition coefficient (Wildman–Crippen LogP) is 1.77. The fourth-order valence-corrected chi connectivity index (χ4v) is 1.60. The SMILES string of the molecule is Cc1nnc(CCNC(=O)COc2ccc(Cl)cc2)o1. The van der Waals surface area contributed by atoms with Crippen LogP contribution in [-0.2, 0) is 11.2 Å². The average molecular weight is 296 g/mol. The van der Waals surface area contributed by atoms with Crippen LogP contribution in [0.15, 0.2) is 28.7 Å². The highest BCUT2D eigenvalue weighted by atomic mass is 35.5. The standard InChI is InChI=1S/C13H14ClN3O3/c1-9-16-17-13(20-9)6-7-15-12(18)8-19-11-4-2-10(14)3-5-11/h2-5H,6-8H2,1H3,(H,15,18). The lowest BCUT2D eigenvalue weighted by atomic mass is 10.3. The van der Waals surface area contributed by atoms with Crippen LogP contribution in [0.3, 0.4) is 0 Å². The van der Waals surface area contributed by atoms with Gasteiger partial charge in [0.25, 0.3) is 5.91 Å². The summed E-state index contributed by atoms with van der Waals surface area (Å²) in [4.78, 5) is 11.5. The Labute approximate surface area is 121 Å². The second kappa shape index (κ2) is 6.91. The third-order valence-electron chi connectivity index (χ3n) is 2.41. The number of hydrogen-bond acceptors (Lipinski definition) is 5. The van der Waals surface area contributed by atoms with E-state index in [0.717, 1.165) is 0 Å². The monoisotopic (exact) mass is 295 g/mol. The van der Waals surface area contributed by atoms with E-state index < -0.39 is 0 Å². The first-order valence-electron chi connectivity index (χ1n) is 6.07. The molecule has 0 saturated heterocycles. The number of nitrogens with zero attached hydrogens (tertiary/aromatic N) is 2. The zero-order chi connectivity index (χ0) is 14.4. The molecule has 106 valence electrons. The Bertz CT molecular complexity index is 568. The molecule has 0 aliphatic heterocycles. The summed E-state index contributed by atoms with van der Waals surface area (Å²) in [7, 11) is 0. The molecule has 1 amide bonds. The zero-order valence-electron chi connectivity index (χ0n) is 10.9. The summed E-state index contributed by atoms with van der Waals surface area (Å²) in [5.41, 5.74) is 0. The molecule has 0 aliphatic rings. The highest BCUT2D eigenvalue weighted by molar-refractivity contribution is 6.30. The van der Waals surface area contributed by atoms with Gasteiger partial charge in [0, 0.05) is 24.9 Å². The van der Waals surface area contributed by atoms with E-state index in [2.05, 4.69) is 15.5 Å². The number of hydrogen-bond donors (Lipinski definition) is 1. The fourth-order valence-electron chi connectivity index (χ4n) is 1.48. The molecule has 1 aromatic carbocycles. The van der Waals surface area contributed by atoms with Crippen molar-refractivity contribution in [1.82, 2.24) is 15.5 Å². The maximum Gasteiger partial charge on any atom is 0.257 e. The highest BCUT2D eigenvalue weighted by Gasteiger charge is 2.05. The Morgan fingerprint density at radius 3 is 2.75 bits per heavy atom. The molecule has 20 heavy (non-hydrogen) atoms. The molecule has 0 saturated carbocycles. The van der Waals surface area contributed by atoms with Gasteiger partial charge in [-0.2, -0.15) is 0 Å². The second-order valence-corrected chi connectivity index (χ2v) is 4.49. The molecule has 0 radical (unpaired) electrons. The van der Waals surface area contributed by atoms with E-state index in [0.29, 0.717) is 35.5 Å². The third-order valence-corrected chi connectivity index (χ3v) is 2.66. The number of benzene rings is 1. The molecule has 2 aromatic rings. The maximum atomic E-state index is 11.5. The molecule has 7 heteroatoms. The minimum atomic E-state index is -0.212. The van der Waals surface area contributed by atoms with E-state index >= 15 is 0 Å². The van der Waals surface area contributed by atoms with E-state index in [1.54, 1.807) is 31.2 Å². The number of aromatic nitrogens is 2. The lowest BCUT2D eigenvalue weighted by Crippen LogP contribution is -2.30. The summed E-state index contributed by atoms with van der Waals surface area (Å²) in [6.45, 7) is 2.09. The Morgan fingerprint density at radius 1 is 1.35 bits per heavy atom. The van der Waals surface area contributed by atoms with E-state index in [4.69, 9.17) is 20.8 Å². The smallest absolute Gasteiger partial charge is 0.257 e.